The molecule has 0 saturated heterocycles. The van der Waals surface area contributed by atoms with Crippen molar-refractivity contribution in [2.75, 3.05) is 10.2 Å². The van der Waals surface area contributed by atoms with Crippen molar-refractivity contribution >= 4 is 46.6 Å². The zero-order valence-corrected chi connectivity index (χ0v) is 21.0. The molecule has 0 aromatic heterocycles. The van der Waals surface area contributed by atoms with Crippen LogP contribution in [0.5, 0.6) is 11.5 Å². The van der Waals surface area contributed by atoms with Gasteiger partial charge in [0, 0.05) is 22.6 Å². The van der Waals surface area contributed by atoms with Crippen LogP contribution in [0.4, 0.5) is 28.4 Å². The Hall–Kier alpha value is -4.44. The second-order valence-corrected chi connectivity index (χ2v) is 10.1. The van der Waals surface area contributed by atoms with Crippen molar-refractivity contribution in [2.24, 2.45) is 0 Å². The molecule has 0 fully saturated rings. The lowest BCUT2D eigenvalue weighted by molar-refractivity contribution is 0.481. The summed E-state index contributed by atoms with van der Waals surface area (Å²) in [6.07, 6.45) is 0. The van der Waals surface area contributed by atoms with Crippen molar-refractivity contribution in [1.82, 2.24) is 0 Å². The van der Waals surface area contributed by atoms with Crippen molar-refractivity contribution in [2.45, 2.75) is 19.8 Å². The van der Waals surface area contributed by atoms with E-state index in [0.29, 0.717) is 5.92 Å². The summed E-state index contributed by atoms with van der Waals surface area (Å²) in [6, 6.07) is 38.8. The summed E-state index contributed by atoms with van der Waals surface area (Å²) in [5, 5.41) is 3.69. The Morgan fingerprint density at radius 2 is 1.46 bits per heavy atom. The van der Waals surface area contributed by atoms with Crippen molar-refractivity contribution < 1.29 is 4.74 Å². The van der Waals surface area contributed by atoms with Gasteiger partial charge in [-0.3, -0.25) is 0 Å². The Labute approximate surface area is 218 Å². The Morgan fingerprint density at radius 3 is 2.32 bits per heavy atom. The molecule has 5 aromatic carbocycles. The summed E-state index contributed by atoms with van der Waals surface area (Å²) in [7, 11) is 0.879. The molecule has 37 heavy (non-hydrogen) atoms. The van der Waals surface area contributed by atoms with Crippen LogP contribution in [0.25, 0.3) is 11.1 Å². The van der Waals surface area contributed by atoms with Gasteiger partial charge in [0.15, 0.2) is 18.8 Å². The van der Waals surface area contributed by atoms with E-state index in [2.05, 4.69) is 109 Å². The molecule has 0 bridgehead atoms. The fourth-order valence-corrected chi connectivity index (χ4v) is 5.57. The lowest BCUT2D eigenvalue weighted by Gasteiger charge is -2.36. The second kappa shape index (κ2) is 8.60. The van der Waals surface area contributed by atoms with Crippen LogP contribution in [0.1, 0.15) is 25.3 Å². The van der Waals surface area contributed by atoms with Crippen molar-refractivity contribution in [3.05, 3.63) is 115 Å². The molecule has 4 heteroatoms. The third-order valence-corrected chi connectivity index (χ3v) is 7.45. The highest BCUT2D eigenvalue weighted by Gasteiger charge is 2.29. The Kier molecular flexibility index (Phi) is 5.07. The summed E-state index contributed by atoms with van der Waals surface area (Å²) in [4.78, 5) is 2.43. The monoisotopic (exact) mass is 478 g/mol. The maximum Gasteiger partial charge on any atom is 0.198 e. The molecule has 2 aliphatic heterocycles. The zero-order chi connectivity index (χ0) is 24.9. The van der Waals surface area contributed by atoms with Crippen LogP contribution in [0.2, 0.25) is 0 Å². The highest BCUT2D eigenvalue weighted by atomic mass is 16.5. The number of nitrogens with zero attached hydrogens (tertiary/aromatic N) is 1. The average Bonchev–Trinajstić information content (AvgIpc) is 2.94. The van der Waals surface area contributed by atoms with E-state index in [4.69, 9.17) is 4.74 Å². The van der Waals surface area contributed by atoms with E-state index in [-0.39, 0.29) is 0 Å². The molecule has 7 rings (SSSR count). The molecule has 2 heterocycles. The van der Waals surface area contributed by atoms with Gasteiger partial charge in [-0.1, -0.05) is 86.0 Å². The quantitative estimate of drug-likeness (QED) is 0.266. The smallest absolute Gasteiger partial charge is 0.198 e. The normalized spacial score (nSPS) is 12.9. The SMILES string of the molecule is CC(C)c1cc(-c2cccc3c2Nc2ccccc2O3)c2c(c1)N(c1ccccc1)c1ccccc1B2. The minimum Gasteiger partial charge on any atom is -0.453 e. The second-order valence-electron chi connectivity index (χ2n) is 10.1. The number of para-hydroxylation sites is 5. The van der Waals surface area contributed by atoms with Crippen LogP contribution in [-0.2, 0) is 0 Å². The molecule has 178 valence electrons. The fourth-order valence-electron chi connectivity index (χ4n) is 5.57. The maximum absolute atomic E-state index is 6.34. The number of hydrogen-bond acceptors (Lipinski definition) is 3. The number of fused-ring (bicyclic) bond motifs is 4. The first kappa shape index (κ1) is 21.8. The summed E-state index contributed by atoms with van der Waals surface area (Å²) in [5.74, 6) is 2.11. The average molecular weight is 478 g/mol. The van der Waals surface area contributed by atoms with E-state index in [9.17, 15) is 0 Å². The van der Waals surface area contributed by atoms with E-state index in [1.165, 1.54) is 39.1 Å². The zero-order valence-electron chi connectivity index (χ0n) is 21.0. The molecule has 5 aromatic rings. The Balaban J connectivity index is 1.48. The van der Waals surface area contributed by atoms with Gasteiger partial charge in [0.05, 0.1) is 11.4 Å². The Bertz CT molecular complexity index is 1640. The molecule has 0 atom stereocenters. The molecule has 3 nitrogen and oxygen atoms in total. The third kappa shape index (κ3) is 3.60. The van der Waals surface area contributed by atoms with E-state index in [1.54, 1.807) is 0 Å². The molecule has 0 aliphatic carbocycles. The number of nitrogens with one attached hydrogen (secondary N) is 1. The Morgan fingerprint density at radius 1 is 0.703 bits per heavy atom. The maximum atomic E-state index is 6.34. The lowest BCUT2D eigenvalue weighted by Crippen LogP contribution is -2.41. The first-order valence-corrected chi connectivity index (χ1v) is 12.9. The molecule has 0 unspecified atom stereocenters. The van der Waals surface area contributed by atoms with Crippen LogP contribution in [0, 0.1) is 0 Å². The molecule has 0 spiro atoms. The molecule has 0 saturated carbocycles. The lowest BCUT2D eigenvalue weighted by atomic mass is 9.58. The molecule has 1 N–H and O–H groups in total. The first-order valence-electron chi connectivity index (χ1n) is 12.9. The predicted molar refractivity (Wildman–Crippen MR) is 157 cm³/mol. The molecule has 0 radical (unpaired) electrons. The van der Waals surface area contributed by atoms with Gasteiger partial charge in [-0.25, -0.2) is 0 Å². The molecular formula is C33H27BN2O. The van der Waals surface area contributed by atoms with Crippen LogP contribution >= 0.6 is 0 Å². The van der Waals surface area contributed by atoms with E-state index < -0.39 is 0 Å². The van der Waals surface area contributed by atoms with Gasteiger partial charge in [-0.2, -0.15) is 0 Å². The molecule has 2 aliphatic rings. The topological polar surface area (TPSA) is 24.5 Å². The predicted octanol–water partition coefficient (Wildman–Crippen LogP) is 7.50. The third-order valence-electron chi connectivity index (χ3n) is 7.45. The minimum absolute atomic E-state index is 0.392. The van der Waals surface area contributed by atoms with Crippen LogP contribution in [0.15, 0.2) is 109 Å². The first-order chi connectivity index (χ1) is 18.2. The molecule has 0 amide bonds. The summed E-state index contributed by atoms with van der Waals surface area (Å²) in [6.45, 7) is 4.54. The largest absolute Gasteiger partial charge is 0.453 e. The molecular weight excluding hydrogens is 451 g/mol. The fraction of sp³-hybridized carbons (Fsp3) is 0.0909. The van der Waals surface area contributed by atoms with E-state index in [1.807, 2.05) is 24.3 Å². The van der Waals surface area contributed by atoms with Crippen molar-refractivity contribution in [3.8, 4) is 22.6 Å². The summed E-state index contributed by atoms with van der Waals surface area (Å²) in [5.41, 5.74) is 12.1. The van der Waals surface area contributed by atoms with Gasteiger partial charge < -0.3 is 15.0 Å². The van der Waals surface area contributed by atoms with Gasteiger partial charge in [-0.15, -0.1) is 0 Å². The van der Waals surface area contributed by atoms with E-state index >= 15 is 0 Å². The van der Waals surface area contributed by atoms with Gasteiger partial charge in [0.2, 0.25) is 0 Å². The summed E-state index contributed by atoms with van der Waals surface area (Å²) >= 11 is 0. The number of benzene rings is 5. The van der Waals surface area contributed by atoms with Gasteiger partial charge in [0.1, 0.15) is 0 Å². The van der Waals surface area contributed by atoms with Crippen LogP contribution < -0.4 is 25.9 Å². The van der Waals surface area contributed by atoms with Crippen LogP contribution in [-0.4, -0.2) is 7.28 Å². The van der Waals surface area contributed by atoms with Gasteiger partial charge in [-0.05, 0) is 65.0 Å². The number of ether oxygens (including phenoxy) is 1. The minimum atomic E-state index is 0.392. The van der Waals surface area contributed by atoms with Gasteiger partial charge in [0.25, 0.3) is 0 Å². The number of rotatable bonds is 3. The summed E-state index contributed by atoms with van der Waals surface area (Å²) < 4.78 is 6.34. The highest BCUT2D eigenvalue weighted by molar-refractivity contribution is 6.73. The van der Waals surface area contributed by atoms with E-state index in [0.717, 1.165) is 35.7 Å². The standard InChI is InChI=1S/C33H27BN2O/c1-21(2)22-19-25(24-13-10-18-31-33(24)35-27-15-7-9-17-30(27)37-31)32-29(20-22)36(23-11-4-3-5-12-23)28-16-8-6-14-26(28)34-32/h3-21,34-35H,1-2H3. The highest BCUT2D eigenvalue weighted by Crippen LogP contribution is 2.47. The van der Waals surface area contributed by atoms with Crippen molar-refractivity contribution in [1.29, 1.82) is 0 Å². The van der Waals surface area contributed by atoms with Crippen LogP contribution in [0.3, 0.4) is 0 Å². The number of anilines is 5. The van der Waals surface area contributed by atoms with Crippen molar-refractivity contribution in [3.63, 3.8) is 0 Å². The van der Waals surface area contributed by atoms with Gasteiger partial charge >= 0.3 is 0 Å². The number of hydrogen-bond donors (Lipinski definition) is 1.